The number of carbonyl (C=O) groups excluding carboxylic acids is 1. The number of carbonyl (C=O) groups is 1. The molecule has 0 saturated carbocycles. The summed E-state index contributed by atoms with van der Waals surface area (Å²) in [4.78, 5) is 13.5. The van der Waals surface area contributed by atoms with Crippen LogP contribution in [-0.4, -0.2) is 57.8 Å². The second-order valence-corrected chi connectivity index (χ2v) is 9.67. The minimum Gasteiger partial charge on any atom is -0.348 e. The molecule has 11 heteroatoms. The fourth-order valence-corrected chi connectivity index (χ4v) is 4.82. The lowest BCUT2D eigenvalue weighted by Gasteiger charge is -2.29. The Kier molecular flexibility index (Phi) is 5.13. The van der Waals surface area contributed by atoms with Gasteiger partial charge in [-0.1, -0.05) is 6.07 Å². The summed E-state index contributed by atoms with van der Waals surface area (Å²) in [7, 11) is -3.20. The van der Waals surface area contributed by atoms with Gasteiger partial charge in [-0.15, -0.1) is 21.5 Å². The Morgan fingerprint density at radius 1 is 1.25 bits per heavy atom. The number of piperidine rings is 1. The van der Waals surface area contributed by atoms with Crippen LogP contribution in [0.2, 0.25) is 0 Å². The van der Waals surface area contributed by atoms with Gasteiger partial charge in [-0.05, 0) is 36.4 Å². The topological polar surface area (TPSA) is 110 Å². The van der Waals surface area contributed by atoms with Crippen LogP contribution in [-0.2, 0) is 21.4 Å². The third-order valence-electron chi connectivity index (χ3n) is 4.82. The van der Waals surface area contributed by atoms with E-state index in [9.17, 15) is 13.2 Å². The second-order valence-electron chi connectivity index (χ2n) is 6.74. The normalized spacial score (nSPS) is 16.5. The maximum Gasteiger partial charge on any atom is 0.223 e. The highest BCUT2D eigenvalue weighted by Crippen LogP contribution is 2.23. The first kappa shape index (κ1) is 19.0. The van der Waals surface area contributed by atoms with Gasteiger partial charge in [0.2, 0.25) is 15.9 Å². The largest absolute Gasteiger partial charge is 0.348 e. The standard InChI is InChI=1S/C17H20N6O3S2/c1-28(25,26)22-8-6-12(7-9-22)17(24)18-11-16-20-19-15-5-4-13(21-23(15)16)14-3-2-10-27-14/h2-5,10,12H,6-9,11H2,1H3,(H,18,24). The van der Waals surface area contributed by atoms with Gasteiger partial charge in [-0.2, -0.15) is 9.61 Å². The van der Waals surface area contributed by atoms with E-state index in [4.69, 9.17) is 0 Å². The summed E-state index contributed by atoms with van der Waals surface area (Å²) in [5, 5.41) is 17.7. The molecule has 0 aliphatic carbocycles. The predicted octanol–water partition coefficient (Wildman–Crippen LogP) is 1.14. The van der Waals surface area contributed by atoms with Gasteiger partial charge in [0.05, 0.1) is 17.7 Å². The Morgan fingerprint density at radius 3 is 2.71 bits per heavy atom. The first-order valence-electron chi connectivity index (χ1n) is 8.90. The Bertz CT molecular complexity index is 1090. The van der Waals surface area contributed by atoms with Gasteiger partial charge >= 0.3 is 0 Å². The molecule has 0 radical (unpaired) electrons. The van der Waals surface area contributed by atoms with Crippen LogP contribution in [0.4, 0.5) is 0 Å². The Hall–Kier alpha value is -2.37. The van der Waals surface area contributed by atoms with E-state index in [1.165, 1.54) is 10.6 Å². The molecule has 1 aliphatic rings. The van der Waals surface area contributed by atoms with Crippen LogP contribution in [0, 0.1) is 5.92 Å². The summed E-state index contributed by atoms with van der Waals surface area (Å²) in [6.45, 7) is 0.959. The van der Waals surface area contributed by atoms with Gasteiger partial charge in [-0.3, -0.25) is 4.79 Å². The van der Waals surface area contributed by atoms with Crippen LogP contribution < -0.4 is 5.32 Å². The Balaban J connectivity index is 1.42. The lowest BCUT2D eigenvalue weighted by Crippen LogP contribution is -2.42. The van der Waals surface area contributed by atoms with E-state index in [1.807, 2.05) is 29.6 Å². The number of sulfonamides is 1. The molecule has 0 unspecified atom stereocenters. The minimum atomic E-state index is -3.20. The van der Waals surface area contributed by atoms with Crippen LogP contribution in [0.5, 0.6) is 0 Å². The van der Waals surface area contributed by atoms with Crippen LogP contribution >= 0.6 is 11.3 Å². The summed E-state index contributed by atoms with van der Waals surface area (Å²) in [5.74, 6) is 0.251. The number of rotatable bonds is 5. The number of hydrogen-bond donors (Lipinski definition) is 1. The highest BCUT2D eigenvalue weighted by atomic mass is 32.2. The number of hydrogen-bond acceptors (Lipinski definition) is 7. The molecule has 1 fully saturated rings. The van der Waals surface area contributed by atoms with Crippen molar-refractivity contribution in [3.05, 3.63) is 35.5 Å². The third-order valence-corrected chi connectivity index (χ3v) is 7.01. The molecule has 1 N–H and O–H groups in total. The Morgan fingerprint density at radius 2 is 2.04 bits per heavy atom. The molecule has 1 saturated heterocycles. The summed E-state index contributed by atoms with van der Waals surface area (Å²) in [6.07, 6.45) is 2.22. The summed E-state index contributed by atoms with van der Waals surface area (Å²) < 4.78 is 26.2. The molecule has 4 heterocycles. The summed E-state index contributed by atoms with van der Waals surface area (Å²) in [5.41, 5.74) is 1.44. The molecule has 4 rings (SSSR count). The number of amides is 1. The third kappa shape index (κ3) is 3.91. The molecule has 28 heavy (non-hydrogen) atoms. The fraction of sp³-hybridized carbons (Fsp3) is 0.412. The molecule has 0 aromatic carbocycles. The molecule has 9 nitrogen and oxygen atoms in total. The van der Waals surface area contributed by atoms with E-state index in [2.05, 4.69) is 20.6 Å². The Labute approximate surface area is 166 Å². The fourth-order valence-electron chi connectivity index (χ4n) is 3.26. The minimum absolute atomic E-state index is 0.0979. The van der Waals surface area contributed by atoms with E-state index >= 15 is 0 Å². The van der Waals surface area contributed by atoms with Crippen LogP contribution in [0.25, 0.3) is 16.2 Å². The SMILES string of the molecule is CS(=O)(=O)N1CCC(C(=O)NCc2nnc3ccc(-c4cccs4)nn23)CC1. The van der Waals surface area contributed by atoms with E-state index in [0.29, 0.717) is 37.4 Å². The molecule has 3 aromatic rings. The quantitative estimate of drug-likeness (QED) is 0.663. The maximum atomic E-state index is 12.5. The van der Waals surface area contributed by atoms with E-state index in [1.54, 1.807) is 15.9 Å². The highest BCUT2D eigenvalue weighted by molar-refractivity contribution is 7.88. The van der Waals surface area contributed by atoms with Gasteiger partial charge in [-0.25, -0.2) is 12.7 Å². The number of fused-ring (bicyclic) bond motifs is 1. The lowest BCUT2D eigenvalue weighted by molar-refractivity contribution is -0.126. The average molecular weight is 421 g/mol. The molecule has 3 aromatic heterocycles. The first-order chi connectivity index (χ1) is 13.4. The molecule has 148 valence electrons. The molecular formula is C17H20N6O3S2. The van der Waals surface area contributed by atoms with Crippen molar-refractivity contribution in [2.45, 2.75) is 19.4 Å². The van der Waals surface area contributed by atoms with Crippen molar-refractivity contribution in [3.8, 4) is 10.6 Å². The summed E-state index contributed by atoms with van der Waals surface area (Å²) in [6, 6.07) is 7.71. The predicted molar refractivity (Wildman–Crippen MR) is 105 cm³/mol. The van der Waals surface area contributed by atoms with Crippen molar-refractivity contribution in [1.82, 2.24) is 29.4 Å². The molecule has 0 spiro atoms. The van der Waals surface area contributed by atoms with E-state index < -0.39 is 10.0 Å². The zero-order chi connectivity index (χ0) is 19.7. The van der Waals surface area contributed by atoms with Gasteiger partial charge in [0.15, 0.2) is 11.5 Å². The van der Waals surface area contributed by atoms with Crippen molar-refractivity contribution < 1.29 is 13.2 Å². The van der Waals surface area contributed by atoms with Crippen LogP contribution in [0.3, 0.4) is 0 Å². The maximum absolute atomic E-state index is 12.5. The number of nitrogens with one attached hydrogen (secondary N) is 1. The molecule has 1 amide bonds. The van der Waals surface area contributed by atoms with Crippen molar-refractivity contribution in [3.63, 3.8) is 0 Å². The molecular weight excluding hydrogens is 400 g/mol. The molecule has 1 aliphatic heterocycles. The number of nitrogens with zero attached hydrogens (tertiary/aromatic N) is 5. The smallest absolute Gasteiger partial charge is 0.223 e. The number of thiophene rings is 1. The van der Waals surface area contributed by atoms with Crippen molar-refractivity contribution in [2.24, 2.45) is 5.92 Å². The van der Waals surface area contributed by atoms with Crippen molar-refractivity contribution in [1.29, 1.82) is 0 Å². The zero-order valence-corrected chi connectivity index (χ0v) is 16.9. The zero-order valence-electron chi connectivity index (χ0n) is 15.3. The second kappa shape index (κ2) is 7.57. The molecule has 0 bridgehead atoms. The first-order valence-corrected chi connectivity index (χ1v) is 11.6. The monoisotopic (exact) mass is 420 g/mol. The van der Waals surface area contributed by atoms with E-state index in [-0.39, 0.29) is 18.4 Å². The van der Waals surface area contributed by atoms with Crippen LogP contribution in [0.15, 0.2) is 29.6 Å². The van der Waals surface area contributed by atoms with Gasteiger partial charge in [0.1, 0.15) is 5.69 Å². The van der Waals surface area contributed by atoms with Crippen molar-refractivity contribution >= 4 is 32.9 Å². The van der Waals surface area contributed by atoms with Gasteiger partial charge in [0, 0.05) is 19.0 Å². The number of aromatic nitrogens is 4. The van der Waals surface area contributed by atoms with Gasteiger partial charge in [0.25, 0.3) is 0 Å². The van der Waals surface area contributed by atoms with Crippen LogP contribution in [0.1, 0.15) is 18.7 Å². The summed E-state index contributed by atoms with van der Waals surface area (Å²) >= 11 is 1.60. The van der Waals surface area contributed by atoms with Gasteiger partial charge < -0.3 is 5.32 Å². The van der Waals surface area contributed by atoms with E-state index in [0.717, 1.165) is 10.6 Å². The molecule has 0 atom stereocenters. The average Bonchev–Trinajstić information content (AvgIpc) is 3.35. The lowest BCUT2D eigenvalue weighted by atomic mass is 9.97. The highest BCUT2D eigenvalue weighted by Gasteiger charge is 2.29. The van der Waals surface area contributed by atoms with Crippen molar-refractivity contribution in [2.75, 3.05) is 19.3 Å².